The molecule has 0 bridgehead atoms. The second kappa shape index (κ2) is 7.25. The molecule has 0 saturated carbocycles. The van der Waals surface area contributed by atoms with E-state index in [-0.39, 0.29) is 12.4 Å². The van der Waals surface area contributed by atoms with Crippen molar-refractivity contribution in [2.75, 3.05) is 13.2 Å². The Kier molecular flexibility index (Phi) is 5.94. The van der Waals surface area contributed by atoms with Crippen LogP contribution in [0.25, 0.3) is 0 Å². The van der Waals surface area contributed by atoms with E-state index in [0.717, 1.165) is 19.3 Å². The molecule has 17 heavy (non-hydrogen) atoms. The number of rotatable bonds is 7. The van der Waals surface area contributed by atoms with Gasteiger partial charge in [0.25, 0.3) is 0 Å². The predicted molar refractivity (Wildman–Crippen MR) is 63.5 cm³/mol. The van der Waals surface area contributed by atoms with Crippen molar-refractivity contribution in [3.63, 3.8) is 0 Å². The summed E-state index contributed by atoms with van der Waals surface area (Å²) in [5, 5.41) is 17.9. The summed E-state index contributed by atoms with van der Waals surface area (Å²) >= 11 is 0. The van der Waals surface area contributed by atoms with Gasteiger partial charge in [-0.05, 0) is 43.9 Å². The standard InChI is InChI=1S/C13H19FO3/c1-10(16)11-5-6-13(12(14)9-11)17-8-4-2-3-7-15/h5-6,9-10,15-16H,2-4,7-8H2,1H3. The SMILES string of the molecule is CC(O)c1ccc(OCCCCCO)c(F)c1. The summed E-state index contributed by atoms with van der Waals surface area (Å²) in [4.78, 5) is 0. The fourth-order valence-corrected chi connectivity index (χ4v) is 1.47. The van der Waals surface area contributed by atoms with Gasteiger partial charge in [-0.2, -0.15) is 0 Å². The van der Waals surface area contributed by atoms with Crippen LogP contribution in [0.3, 0.4) is 0 Å². The minimum absolute atomic E-state index is 0.178. The number of halogens is 1. The Morgan fingerprint density at radius 2 is 2.06 bits per heavy atom. The van der Waals surface area contributed by atoms with E-state index in [2.05, 4.69) is 0 Å². The molecule has 1 rings (SSSR count). The minimum Gasteiger partial charge on any atom is -0.491 e. The lowest BCUT2D eigenvalue weighted by Gasteiger charge is -2.09. The highest BCUT2D eigenvalue weighted by Crippen LogP contribution is 2.22. The van der Waals surface area contributed by atoms with E-state index in [1.165, 1.54) is 12.1 Å². The van der Waals surface area contributed by atoms with Gasteiger partial charge in [-0.1, -0.05) is 6.07 Å². The zero-order valence-corrected chi connectivity index (χ0v) is 10.0. The molecule has 0 fully saturated rings. The van der Waals surface area contributed by atoms with E-state index in [1.54, 1.807) is 13.0 Å². The van der Waals surface area contributed by atoms with Crippen LogP contribution in [0.15, 0.2) is 18.2 Å². The Hall–Kier alpha value is -1.13. The molecule has 0 heterocycles. The first kappa shape index (κ1) is 13.9. The second-order valence-corrected chi connectivity index (χ2v) is 4.00. The number of aliphatic hydroxyl groups excluding tert-OH is 2. The van der Waals surface area contributed by atoms with Crippen molar-refractivity contribution >= 4 is 0 Å². The summed E-state index contributed by atoms with van der Waals surface area (Å²) in [5.74, 6) is -0.246. The van der Waals surface area contributed by atoms with E-state index < -0.39 is 11.9 Å². The molecule has 4 heteroatoms. The maximum Gasteiger partial charge on any atom is 0.165 e. The van der Waals surface area contributed by atoms with Crippen LogP contribution >= 0.6 is 0 Å². The molecule has 96 valence electrons. The third-order valence-electron chi connectivity index (χ3n) is 2.50. The molecule has 0 spiro atoms. The van der Waals surface area contributed by atoms with Crippen molar-refractivity contribution in [1.29, 1.82) is 0 Å². The molecule has 0 aromatic heterocycles. The summed E-state index contributed by atoms with van der Waals surface area (Å²) in [6.45, 7) is 2.20. The largest absolute Gasteiger partial charge is 0.491 e. The van der Waals surface area contributed by atoms with Gasteiger partial charge >= 0.3 is 0 Å². The molecular formula is C13H19FO3. The molecule has 1 aromatic rings. The molecule has 3 nitrogen and oxygen atoms in total. The number of ether oxygens (including phenoxy) is 1. The molecule has 0 aliphatic carbocycles. The van der Waals surface area contributed by atoms with Gasteiger partial charge in [-0.15, -0.1) is 0 Å². The molecule has 1 aromatic carbocycles. The van der Waals surface area contributed by atoms with Crippen LogP contribution in [0, 0.1) is 5.82 Å². The number of unbranched alkanes of at least 4 members (excludes halogenated alkanes) is 2. The van der Waals surface area contributed by atoms with Crippen LogP contribution < -0.4 is 4.74 Å². The molecule has 0 radical (unpaired) electrons. The van der Waals surface area contributed by atoms with E-state index in [9.17, 15) is 9.50 Å². The van der Waals surface area contributed by atoms with Gasteiger partial charge in [0.15, 0.2) is 11.6 Å². The van der Waals surface area contributed by atoms with Gasteiger partial charge in [-0.25, -0.2) is 4.39 Å². The normalized spacial score (nSPS) is 12.5. The molecule has 0 aliphatic rings. The van der Waals surface area contributed by atoms with Gasteiger partial charge in [-0.3, -0.25) is 0 Å². The fraction of sp³-hybridized carbons (Fsp3) is 0.538. The summed E-state index contributed by atoms with van der Waals surface area (Å²) in [6.07, 6.45) is 1.72. The molecule has 1 unspecified atom stereocenters. The van der Waals surface area contributed by atoms with Crippen LogP contribution in [0.1, 0.15) is 37.9 Å². The first-order valence-corrected chi connectivity index (χ1v) is 5.86. The molecule has 0 amide bonds. The first-order chi connectivity index (χ1) is 8.15. The van der Waals surface area contributed by atoms with Crippen LogP contribution in [-0.4, -0.2) is 23.4 Å². The average Bonchev–Trinajstić information content (AvgIpc) is 2.30. The lowest BCUT2D eigenvalue weighted by Crippen LogP contribution is -2.01. The lowest BCUT2D eigenvalue weighted by molar-refractivity contribution is 0.198. The highest BCUT2D eigenvalue weighted by molar-refractivity contribution is 5.30. The Labute approximate surface area is 101 Å². The molecule has 0 saturated heterocycles. The quantitative estimate of drug-likeness (QED) is 0.722. The van der Waals surface area contributed by atoms with Gasteiger partial charge in [0.05, 0.1) is 12.7 Å². The number of hydrogen-bond donors (Lipinski definition) is 2. The fourth-order valence-electron chi connectivity index (χ4n) is 1.47. The lowest BCUT2D eigenvalue weighted by atomic mass is 10.1. The average molecular weight is 242 g/mol. The minimum atomic E-state index is -0.678. The van der Waals surface area contributed by atoms with Crippen LogP contribution in [0.5, 0.6) is 5.75 Å². The summed E-state index contributed by atoms with van der Waals surface area (Å²) in [5.41, 5.74) is 0.537. The number of aliphatic hydroxyl groups is 2. The third kappa shape index (κ3) is 4.71. The van der Waals surface area contributed by atoms with Gasteiger partial charge in [0.1, 0.15) is 0 Å². The predicted octanol–water partition coefficient (Wildman–Crippen LogP) is 2.42. The highest BCUT2D eigenvalue weighted by Gasteiger charge is 2.07. The van der Waals surface area contributed by atoms with E-state index in [4.69, 9.17) is 9.84 Å². The maximum atomic E-state index is 13.5. The van der Waals surface area contributed by atoms with Crippen molar-refractivity contribution in [3.8, 4) is 5.75 Å². The first-order valence-electron chi connectivity index (χ1n) is 5.86. The number of hydrogen-bond acceptors (Lipinski definition) is 3. The zero-order valence-electron chi connectivity index (χ0n) is 10.0. The molecule has 1 atom stereocenters. The van der Waals surface area contributed by atoms with Crippen LogP contribution in [0.2, 0.25) is 0 Å². The third-order valence-corrected chi connectivity index (χ3v) is 2.50. The Bertz CT molecular complexity index is 339. The van der Waals surface area contributed by atoms with Gasteiger partial charge in [0, 0.05) is 6.61 Å². The monoisotopic (exact) mass is 242 g/mol. The Morgan fingerprint density at radius 1 is 1.29 bits per heavy atom. The van der Waals surface area contributed by atoms with Crippen LogP contribution in [0.4, 0.5) is 4.39 Å². The molecule has 2 N–H and O–H groups in total. The van der Waals surface area contributed by atoms with Crippen molar-refractivity contribution in [1.82, 2.24) is 0 Å². The maximum absolute atomic E-state index is 13.5. The van der Waals surface area contributed by atoms with Crippen molar-refractivity contribution in [2.45, 2.75) is 32.3 Å². The van der Waals surface area contributed by atoms with E-state index in [0.29, 0.717) is 12.2 Å². The van der Waals surface area contributed by atoms with Crippen LogP contribution in [-0.2, 0) is 0 Å². The van der Waals surface area contributed by atoms with Crippen molar-refractivity contribution in [2.24, 2.45) is 0 Å². The summed E-state index contributed by atoms with van der Waals surface area (Å²) < 4.78 is 18.8. The molecule has 0 aliphatic heterocycles. The Morgan fingerprint density at radius 3 is 2.65 bits per heavy atom. The van der Waals surface area contributed by atoms with Gasteiger partial charge in [0.2, 0.25) is 0 Å². The smallest absolute Gasteiger partial charge is 0.165 e. The van der Waals surface area contributed by atoms with Crippen molar-refractivity contribution in [3.05, 3.63) is 29.6 Å². The van der Waals surface area contributed by atoms with E-state index in [1.807, 2.05) is 0 Å². The summed E-state index contributed by atoms with van der Waals surface area (Å²) in [7, 11) is 0. The van der Waals surface area contributed by atoms with Crippen molar-refractivity contribution < 1.29 is 19.3 Å². The molecular weight excluding hydrogens is 223 g/mol. The Balaban J connectivity index is 2.43. The topological polar surface area (TPSA) is 49.7 Å². The highest BCUT2D eigenvalue weighted by atomic mass is 19.1. The number of benzene rings is 1. The zero-order chi connectivity index (χ0) is 12.7. The summed E-state index contributed by atoms with van der Waals surface area (Å²) in [6, 6.07) is 4.47. The second-order valence-electron chi connectivity index (χ2n) is 4.00. The van der Waals surface area contributed by atoms with Gasteiger partial charge < -0.3 is 14.9 Å². The van der Waals surface area contributed by atoms with E-state index >= 15 is 0 Å².